The molecule has 5 N–H and O–H groups in total. The summed E-state index contributed by atoms with van der Waals surface area (Å²) in [6.07, 6.45) is 15.6. The lowest BCUT2D eigenvalue weighted by atomic mass is 9.37. The van der Waals surface area contributed by atoms with E-state index in [2.05, 4.69) is 34.6 Å². The molecule has 15 atom stereocenters. The Bertz CT molecular complexity index is 1020. The molecule has 6 aliphatic carbocycles. The summed E-state index contributed by atoms with van der Waals surface area (Å²) in [5.74, 6) is 7.11. The van der Waals surface area contributed by atoms with Gasteiger partial charge in [-0.05, 0) is 141 Å². The second-order valence-corrected chi connectivity index (χ2v) is 18.6. The van der Waals surface area contributed by atoms with Crippen molar-refractivity contribution >= 4 is 0 Å². The summed E-state index contributed by atoms with van der Waals surface area (Å²) in [6, 6.07) is 0. The van der Waals surface area contributed by atoms with Crippen molar-refractivity contribution in [2.75, 3.05) is 13.2 Å². The Kier molecular flexibility index (Phi) is 9.92. The molecule has 0 heterocycles. The van der Waals surface area contributed by atoms with E-state index >= 15 is 0 Å². The molecule has 6 heteroatoms. The monoisotopic (exact) mass is 633 g/mol. The van der Waals surface area contributed by atoms with E-state index in [0.717, 1.165) is 54.3 Å². The lowest BCUT2D eigenvalue weighted by Gasteiger charge is -2.68. The Morgan fingerprint density at radius 2 is 1.51 bits per heavy atom. The second kappa shape index (κ2) is 12.9. The Hall–Kier alpha value is -0.240. The van der Waals surface area contributed by atoms with E-state index in [9.17, 15) is 25.5 Å². The second-order valence-electron chi connectivity index (χ2n) is 18.6. The third kappa shape index (κ3) is 5.90. The first-order valence-electron chi connectivity index (χ1n) is 19.3. The summed E-state index contributed by atoms with van der Waals surface area (Å²) in [6.45, 7) is 12.7. The van der Waals surface area contributed by atoms with Crippen molar-refractivity contribution in [2.24, 2.45) is 63.6 Å². The molecule has 0 aromatic heterocycles. The van der Waals surface area contributed by atoms with Crippen LogP contribution in [0, 0.1) is 63.6 Å². The van der Waals surface area contributed by atoms with Gasteiger partial charge in [0.15, 0.2) is 0 Å². The number of ether oxygens (including phenoxy) is 1. The molecule has 0 aromatic rings. The van der Waals surface area contributed by atoms with E-state index in [4.69, 9.17) is 4.74 Å². The summed E-state index contributed by atoms with van der Waals surface area (Å²) < 4.78 is 5.72. The highest BCUT2D eigenvalue weighted by Gasteiger charge is 2.64. The van der Waals surface area contributed by atoms with Gasteiger partial charge >= 0.3 is 0 Å². The van der Waals surface area contributed by atoms with Crippen LogP contribution < -0.4 is 0 Å². The molecule has 0 aliphatic heterocycles. The van der Waals surface area contributed by atoms with E-state index < -0.39 is 36.6 Å². The quantitative estimate of drug-likeness (QED) is 0.188. The van der Waals surface area contributed by atoms with Crippen LogP contribution in [0.25, 0.3) is 0 Å². The van der Waals surface area contributed by atoms with Gasteiger partial charge in [-0.25, -0.2) is 0 Å². The van der Waals surface area contributed by atoms with Crippen LogP contribution in [0.15, 0.2) is 0 Å². The van der Waals surface area contributed by atoms with Crippen LogP contribution in [0.4, 0.5) is 0 Å². The zero-order valence-electron chi connectivity index (χ0n) is 29.3. The molecule has 0 aromatic carbocycles. The van der Waals surface area contributed by atoms with Crippen LogP contribution in [-0.2, 0) is 4.74 Å². The zero-order chi connectivity index (χ0) is 32.4. The molecule has 4 unspecified atom stereocenters. The third-order valence-electron chi connectivity index (χ3n) is 16.1. The summed E-state index contributed by atoms with van der Waals surface area (Å²) in [7, 11) is 0. The van der Waals surface area contributed by atoms with Crippen LogP contribution in [0.5, 0.6) is 0 Å². The SMILES string of the molecule is C[C@H](CCC[C@@H](O)CCO[C@H]1C[C@@H](O)[C@H](O)[C@]1(O)CO)[C@H]1CCC2[C@H]3CCC4[C@@](C)(CCC5C(C)(C)CCC[C@@]54C)C3CC[C@H]21. The fourth-order valence-corrected chi connectivity index (χ4v) is 13.9. The van der Waals surface area contributed by atoms with Crippen LogP contribution in [0.2, 0.25) is 0 Å². The molecule has 45 heavy (non-hydrogen) atoms. The molecule has 6 rings (SSSR count). The Morgan fingerprint density at radius 3 is 2.27 bits per heavy atom. The predicted molar refractivity (Wildman–Crippen MR) is 177 cm³/mol. The molecule has 0 amide bonds. The van der Waals surface area contributed by atoms with Crippen molar-refractivity contribution in [1.82, 2.24) is 0 Å². The van der Waals surface area contributed by atoms with Gasteiger partial charge in [0.2, 0.25) is 0 Å². The van der Waals surface area contributed by atoms with E-state index in [1.165, 1.54) is 77.0 Å². The lowest BCUT2D eigenvalue weighted by Crippen LogP contribution is -2.60. The molecule has 6 fully saturated rings. The lowest BCUT2D eigenvalue weighted by molar-refractivity contribution is -0.190. The van der Waals surface area contributed by atoms with Crippen molar-refractivity contribution in [3.05, 3.63) is 0 Å². The summed E-state index contributed by atoms with van der Waals surface area (Å²) >= 11 is 0. The topological polar surface area (TPSA) is 110 Å². The number of aliphatic hydroxyl groups excluding tert-OH is 4. The minimum Gasteiger partial charge on any atom is -0.393 e. The maximum absolute atomic E-state index is 10.7. The number of hydrogen-bond acceptors (Lipinski definition) is 6. The minimum atomic E-state index is -1.85. The molecule has 0 saturated heterocycles. The van der Waals surface area contributed by atoms with E-state index in [0.29, 0.717) is 28.6 Å². The fourth-order valence-electron chi connectivity index (χ4n) is 13.9. The highest BCUT2D eigenvalue weighted by atomic mass is 16.5. The highest BCUT2D eigenvalue weighted by Crippen LogP contribution is 2.72. The van der Waals surface area contributed by atoms with Crippen molar-refractivity contribution in [3.8, 4) is 0 Å². The molecule has 6 saturated carbocycles. The first-order valence-corrected chi connectivity index (χ1v) is 19.3. The Balaban J connectivity index is 0.976. The van der Waals surface area contributed by atoms with Gasteiger partial charge < -0.3 is 30.3 Å². The number of rotatable bonds is 10. The van der Waals surface area contributed by atoms with Gasteiger partial charge in [-0.1, -0.05) is 53.9 Å². The van der Waals surface area contributed by atoms with Gasteiger partial charge in [0.1, 0.15) is 11.7 Å². The summed E-state index contributed by atoms with van der Waals surface area (Å²) in [5, 5.41) is 50.6. The Morgan fingerprint density at radius 1 is 0.778 bits per heavy atom. The maximum atomic E-state index is 10.7. The van der Waals surface area contributed by atoms with E-state index in [1.54, 1.807) is 0 Å². The molecule has 0 spiro atoms. The Labute approximate surface area is 274 Å². The van der Waals surface area contributed by atoms with Crippen LogP contribution in [0.3, 0.4) is 0 Å². The molecular weight excluding hydrogens is 564 g/mol. The van der Waals surface area contributed by atoms with Crippen molar-refractivity contribution < 1.29 is 30.3 Å². The third-order valence-corrected chi connectivity index (χ3v) is 16.1. The smallest absolute Gasteiger partial charge is 0.142 e. The minimum absolute atomic E-state index is 0.0784. The van der Waals surface area contributed by atoms with E-state index in [1.807, 2.05) is 0 Å². The summed E-state index contributed by atoms with van der Waals surface area (Å²) in [5.41, 5.74) is -0.243. The van der Waals surface area contributed by atoms with E-state index in [-0.39, 0.29) is 13.0 Å². The largest absolute Gasteiger partial charge is 0.393 e. The van der Waals surface area contributed by atoms with Crippen molar-refractivity contribution in [1.29, 1.82) is 0 Å². The first-order chi connectivity index (χ1) is 21.3. The normalized spacial score (nSPS) is 50.3. The average molecular weight is 633 g/mol. The van der Waals surface area contributed by atoms with Crippen LogP contribution in [-0.4, -0.2) is 68.8 Å². The van der Waals surface area contributed by atoms with Gasteiger partial charge in [-0.2, -0.15) is 0 Å². The van der Waals surface area contributed by atoms with Crippen molar-refractivity contribution in [2.45, 2.75) is 167 Å². The molecule has 260 valence electrons. The van der Waals surface area contributed by atoms with Crippen LogP contribution in [0.1, 0.15) is 137 Å². The fraction of sp³-hybridized carbons (Fsp3) is 1.00. The highest BCUT2D eigenvalue weighted by molar-refractivity contribution is 5.13. The molecule has 0 bridgehead atoms. The molecule has 0 radical (unpaired) electrons. The molecule has 6 nitrogen and oxygen atoms in total. The van der Waals surface area contributed by atoms with Gasteiger partial charge in [0, 0.05) is 13.0 Å². The van der Waals surface area contributed by atoms with Gasteiger partial charge in [-0.3, -0.25) is 0 Å². The zero-order valence-corrected chi connectivity index (χ0v) is 29.3. The summed E-state index contributed by atoms with van der Waals surface area (Å²) in [4.78, 5) is 0. The number of aliphatic hydroxyl groups is 5. The standard InChI is InChI=1S/C39H68O6/c1-24(8-6-9-25(41)17-21-45-34-22-31(42)35(43)39(34,44)23-40)26-10-11-28-27(26)12-14-30-29(28)13-15-33-37(30,4)20-16-32-36(2,3)18-7-19-38(32,33)5/h24-35,40-44H,6-23H2,1-5H3/t24-,25-,26-,27+,28?,29-,30?,31-,32?,33?,34+,35+,37+,38+,39+/m1/s1. The average Bonchev–Trinajstić information content (AvgIpc) is 3.52. The molecular formula is C39H68O6. The number of hydrogen-bond donors (Lipinski definition) is 5. The van der Waals surface area contributed by atoms with Crippen molar-refractivity contribution in [3.63, 3.8) is 0 Å². The number of fused-ring (bicyclic) bond motifs is 7. The molecule has 6 aliphatic rings. The van der Waals surface area contributed by atoms with Gasteiger partial charge in [-0.15, -0.1) is 0 Å². The van der Waals surface area contributed by atoms with Gasteiger partial charge in [0.25, 0.3) is 0 Å². The predicted octanol–water partition coefficient (Wildman–Crippen LogP) is 6.49. The first kappa shape index (κ1) is 34.6. The van der Waals surface area contributed by atoms with Gasteiger partial charge in [0.05, 0.1) is 24.9 Å². The van der Waals surface area contributed by atoms with Crippen LogP contribution >= 0.6 is 0 Å². The maximum Gasteiger partial charge on any atom is 0.142 e.